The summed E-state index contributed by atoms with van der Waals surface area (Å²) in [6, 6.07) is 12.1. The Morgan fingerprint density at radius 2 is 1.75 bits per heavy atom. The molecule has 3 N–H and O–H groups in total. The van der Waals surface area contributed by atoms with Gasteiger partial charge in [0.25, 0.3) is 5.91 Å². The predicted octanol–water partition coefficient (Wildman–Crippen LogP) is 2.51. The van der Waals surface area contributed by atoms with Gasteiger partial charge in [0.05, 0.1) is 7.11 Å². The van der Waals surface area contributed by atoms with Crippen LogP contribution in [0.3, 0.4) is 0 Å². The van der Waals surface area contributed by atoms with E-state index in [-0.39, 0.29) is 5.91 Å². The number of nitrogens with two attached hydrogens (primary N) is 1. The summed E-state index contributed by atoms with van der Waals surface area (Å²) in [6.07, 6.45) is -0.752. The Morgan fingerprint density at radius 1 is 1.08 bits per heavy atom. The number of para-hydroxylation sites is 2. The zero-order chi connectivity index (χ0) is 17.7. The topological polar surface area (TPSA) is 90.7 Å². The van der Waals surface area contributed by atoms with E-state index in [1.165, 1.54) is 7.11 Å². The minimum atomic E-state index is -0.752. The van der Waals surface area contributed by atoms with Crippen LogP contribution < -0.4 is 20.5 Å². The van der Waals surface area contributed by atoms with Gasteiger partial charge in [-0.2, -0.15) is 0 Å². The van der Waals surface area contributed by atoms with E-state index in [0.29, 0.717) is 28.3 Å². The molecule has 6 nitrogen and oxygen atoms in total. The SMILES string of the molecule is COc1ccccc1OC(C)C(=O)Nc1cccc(C(N)=O)c1C. The average molecular weight is 328 g/mol. The number of primary amides is 1. The van der Waals surface area contributed by atoms with Crippen LogP contribution in [0.25, 0.3) is 0 Å². The maximum Gasteiger partial charge on any atom is 0.265 e. The number of rotatable bonds is 6. The third-order valence-electron chi connectivity index (χ3n) is 3.60. The maximum atomic E-state index is 12.4. The van der Waals surface area contributed by atoms with E-state index in [1.807, 2.05) is 6.07 Å². The molecule has 0 spiro atoms. The van der Waals surface area contributed by atoms with Gasteiger partial charge in [-0.1, -0.05) is 18.2 Å². The molecule has 6 heteroatoms. The molecule has 24 heavy (non-hydrogen) atoms. The lowest BCUT2D eigenvalue weighted by Crippen LogP contribution is -2.30. The summed E-state index contributed by atoms with van der Waals surface area (Å²) in [6.45, 7) is 3.36. The Hall–Kier alpha value is -3.02. The molecule has 0 bridgehead atoms. The van der Waals surface area contributed by atoms with Gasteiger partial charge in [0.1, 0.15) is 0 Å². The summed E-state index contributed by atoms with van der Waals surface area (Å²) in [5.41, 5.74) is 6.82. The number of hydrogen-bond acceptors (Lipinski definition) is 4. The first kappa shape index (κ1) is 17.3. The van der Waals surface area contributed by atoms with E-state index in [2.05, 4.69) is 5.32 Å². The second kappa shape index (κ2) is 7.50. The molecule has 0 aromatic heterocycles. The number of carbonyl (C=O) groups is 2. The number of methoxy groups -OCH3 is 1. The molecule has 1 atom stereocenters. The van der Waals surface area contributed by atoms with Crippen molar-refractivity contribution in [3.05, 3.63) is 53.6 Å². The van der Waals surface area contributed by atoms with Crippen LogP contribution in [0.4, 0.5) is 5.69 Å². The van der Waals surface area contributed by atoms with Crippen molar-refractivity contribution >= 4 is 17.5 Å². The zero-order valence-corrected chi connectivity index (χ0v) is 13.8. The summed E-state index contributed by atoms with van der Waals surface area (Å²) >= 11 is 0. The summed E-state index contributed by atoms with van der Waals surface area (Å²) < 4.78 is 10.9. The van der Waals surface area contributed by atoms with E-state index in [4.69, 9.17) is 15.2 Å². The highest BCUT2D eigenvalue weighted by molar-refractivity contribution is 5.99. The highest BCUT2D eigenvalue weighted by atomic mass is 16.5. The van der Waals surface area contributed by atoms with Gasteiger partial charge in [0.2, 0.25) is 5.91 Å². The smallest absolute Gasteiger partial charge is 0.265 e. The monoisotopic (exact) mass is 328 g/mol. The number of benzene rings is 2. The Labute approximate surface area is 140 Å². The molecule has 0 fully saturated rings. The number of nitrogens with one attached hydrogen (secondary N) is 1. The predicted molar refractivity (Wildman–Crippen MR) is 91.4 cm³/mol. The standard InChI is InChI=1S/C18H20N2O4/c1-11-13(17(19)21)7-6-8-14(11)20-18(22)12(2)24-16-10-5-4-9-15(16)23-3/h4-10,12H,1-3H3,(H2,19,21)(H,20,22). The molecule has 126 valence electrons. The second-order valence-corrected chi connectivity index (χ2v) is 5.24. The summed E-state index contributed by atoms with van der Waals surface area (Å²) in [4.78, 5) is 23.7. The van der Waals surface area contributed by atoms with Crippen molar-refractivity contribution < 1.29 is 19.1 Å². The molecule has 2 amide bonds. The van der Waals surface area contributed by atoms with Gasteiger partial charge in [-0.15, -0.1) is 0 Å². The highest BCUT2D eigenvalue weighted by Gasteiger charge is 2.18. The van der Waals surface area contributed by atoms with Crippen LogP contribution in [0.1, 0.15) is 22.8 Å². The lowest BCUT2D eigenvalue weighted by molar-refractivity contribution is -0.122. The molecule has 0 aliphatic heterocycles. The van der Waals surface area contributed by atoms with Crippen molar-refractivity contribution in [2.75, 3.05) is 12.4 Å². The lowest BCUT2D eigenvalue weighted by atomic mass is 10.1. The fourth-order valence-corrected chi connectivity index (χ4v) is 2.23. The first-order valence-corrected chi connectivity index (χ1v) is 7.44. The second-order valence-electron chi connectivity index (χ2n) is 5.24. The Morgan fingerprint density at radius 3 is 2.38 bits per heavy atom. The maximum absolute atomic E-state index is 12.4. The van der Waals surface area contributed by atoms with Gasteiger partial charge in [0.15, 0.2) is 17.6 Å². The van der Waals surface area contributed by atoms with Crippen LogP contribution in [0.15, 0.2) is 42.5 Å². The van der Waals surface area contributed by atoms with E-state index in [0.717, 1.165) is 0 Å². The van der Waals surface area contributed by atoms with Gasteiger partial charge in [-0.25, -0.2) is 0 Å². The summed E-state index contributed by atoms with van der Waals surface area (Å²) in [5.74, 6) is 0.141. The first-order valence-electron chi connectivity index (χ1n) is 7.44. The molecule has 0 saturated heterocycles. The van der Waals surface area contributed by atoms with Gasteiger partial charge in [-0.05, 0) is 43.7 Å². The highest BCUT2D eigenvalue weighted by Crippen LogP contribution is 2.27. The molecule has 1 unspecified atom stereocenters. The van der Waals surface area contributed by atoms with Crippen molar-refractivity contribution in [3.63, 3.8) is 0 Å². The summed E-state index contributed by atoms with van der Waals surface area (Å²) in [7, 11) is 1.53. The van der Waals surface area contributed by atoms with E-state index < -0.39 is 12.0 Å². The van der Waals surface area contributed by atoms with Gasteiger partial charge in [0, 0.05) is 11.3 Å². The molecule has 0 aliphatic carbocycles. The normalized spacial score (nSPS) is 11.5. The molecule has 0 heterocycles. The minimum Gasteiger partial charge on any atom is -0.493 e. The van der Waals surface area contributed by atoms with Crippen LogP contribution in [0, 0.1) is 6.92 Å². The van der Waals surface area contributed by atoms with Crippen molar-refractivity contribution in [1.82, 2.24) is 0 Å². The number of carbonyl (C=O) groups excluding carboxylic acids is 2. The van der Waals surface area contributed by atoms with Crippen molar-refractivity contribution in [1.29, 1.82) is 0 Å². The van der Waals surface area contributed by atoms with Crippen molar-refractivity contribution in [2.45, 2.75) is 20.0 Å². The summed E-state index contributed by atoms with van der Waals surface area (Å²) in [5, 5.41) is 2.75. The van der Waals surface area contributed by atoms with Gasteiger partial charge < -0.3 is 20.5 Å². The molecule has 0 radical (unpaired) electrons. The molecular formula is C18H20N2O4. The number of ether oxygens (including phenoxy) is 2. The molecule has 0 aliphatic rings. The van der Waals surface area contributed by atoms with Crippen LogP contribution in [-0.2, 0) is 4.79 Å². The van der Waals surface area contributed by atoms with Crippen molar-refractivity contribution in [2.24, 2.45) is 5.73 Å². The third-order valence-corrected chi connectivity index (χ3v) is 3.60. The Bertz CT molecular complexity index is 758. The molecule has 2 aromatic carbocycles. The fraction of sp³-hybridized carbons (Fsp3) is 0.222. The van der Waals surface area contributed by atoms with Gasteiger partial charge >= 0.3 is 0 Å². The van der Waals surface area contributed by atoms with Crippen LogP contribution in [0.2, 0.25) is 0 Å². The van der Waals surface area contributed by atoms with Crippen LogP contribution >= 0.6 is 0 Å². The lowest BCUT2D eigenvalue weighted by Gasteiger charge is -2.17. The number of hydrogen-bond donors (Lipinski definition) is 2. The minimum absolute atomic E-state index is 0.342. The fourth-order valence-electron chi connectivity index (χ4n) is 2.23. The van der Waals surface area contributed by atoms with Gasteiger partial charge in [-0.3, -0.25) is 9.59 Å². The van der Waals surface area contributed by atoms with Crippen molar-refractivity contribution in [3.8, 4) is 11.5 Å². The average Bonchev–Trinajstić information content (AvgIpc) is 2.56. The number of amides is 2. The van der Waals surface area contributed by atoms with E-state index >= 15 is 0 Å². The van der Waals surface area contributed by atoms with E-state index in [9.17, 15) is 9.59 Å². The molecule has 0 saturated carbocycles. The van der Waals surface area contributed by atoms with E-state index in [1.54, 1.807) is 50.2 Å². The Balaban J connectivity index is 2.12. The number of anilines is 1. The van der Waals surface area contributed by atoms with Crippen LogP contribution in [-0.4, -0.2) is 25.0 Å². The molecular weight excluding hydrogens is 308 g/mol. The quantitative estimate of drug-likeness (QED) is 0.852. The largest absolute Gasteiger partial charge is 0.493 e. The molecule has 2 rings (SSSR count). The Kier molecular flexibility index (Phi) is 5.42. The zero-order valence-electron chi connectivity index (χ0n) is 13.8. The third kappa shape index (κ3) is 3.84. The first-order chi connectivity index (χ1) is 11.4. The van der Waals surface area contributed by atoms with Crippen LogP contribution in [0.5, 0.6) is 11.5 Å². The molecule has 2 aromatic rings.